The van der Waals surface area contributed by atoms with Crippen molar-refractivity contribution in [1.82, 2.24) is 0 Å². The average molecular weight is 420 g/mol. The lowest BCUT2D eigenvalue weighted by Crippen LogP contribution is -2.19. The van der Waals surface area contributed by atoms with Gasteiger partial charge >= 0.3 is 0 Å². The fraction of sp³-hybridized carbons (Fsp3) is 0.862. The Hall–Kier alpha value is -0.560. The van der Waals surface area contributed by atoms with E-state index >= 15 is 0 Å². The van der Waals surface area contributed by atoms with Crippen LogP contribution in [-0.2, 0) is 0 Å². The Labute approximate surface area is 191 Å². The van der Waals surface area contributed by atoms with Gasteiger partial charge in [0, 0.05) is 6.04 Å². The summed E-state index contributed by atoms with van der Waals surface area (Å²) in [7, 11) is 0. The second kappa shape index (κ2) is 24.7. The lowest BCUT2D eigenvalue weighted by atomic mass is 9.99. The van der Waals surface area contributed by atoms with Crippen LogP contribution in [0, 0.1) is 5.92 Å². The number of unbranched alkanes of at least 4 members (excludes halogenated alkanes) is 13. The van der Waals surface area contributed by atoms with E-state index in [2.05, 4.69) is 45.1 Å². The molecule has 0 heterocycles. The zero-order valence-electron chi connectivity index (χ0n) is 21.2. The van der Waals surface area contributed by atoms with Gasteiger partial charge in [0.05, 0.1) is 0 Å². The summed E-state index contributed by atoms with van der Waals surface area (Å²) in [6.07, 6.45) is 36.1. The fourth-order valence-electron chi connectivity index (χ4n) is 4.03. The minimum Gasteiger partial charge on any atom is -0.328 e. The molecule has 0 saturated heterocycles. The minimum absolute atomic E-state index is 0.452. The largest absolute Gasteiger partial charge is 0.328 e. The quantitative estimate of drug-likeness (QED) is 0.129. The molecule has 1 nitrogen and oxygen atoms in total. The first kappa shape index (κ1) is 29.4. The van der Waals surface area contributed by atoms with Gasteiger partial charge in [0.2, 0.25) is 0 Å². The highest BCUT2D eigenvalue weighted by molar-refractivity contribution is 4.92. The van der Waals surface area contributed by atoms with Gasteiger partial charge in [-0.1, -0.05) is 129 Å². The molecule has 0 rings (SSSR count). The minimum atomic E-state index is 0.452. The van der Waals surface area contributed by atoms with Crippen LogP contribution >= 0.6 is 0 Å². The van der Waals surface area contributed by atoms with Crippen LogP contribution in [0.15, 0.2) is 24.3 Å². The van der Waals surface area contributed by atoms with Crippen LogP contribution in [0.2, 0.25) is 0 Å². The van der Waals surface area contributed by atoms with Crippen molar-refractivity contribution in [2.24, 2.45) is 11.7 Å². The molecular formula is C29H57N. The third kappa shape index (κ3) is 25.5. The number of hydrogen-bond donors (Lipinski definition) is 1. The highest BCUT2D eigenvalue weighted by atomic mass is 14.6. The molecule has 0 aliphatic heterocycles. The van der Waals surface area contributed by atoms with Crippen LogP contribution in [-0.4, -0.2) is 6.04 Å². The molecule has 0 aromatic heterocycles. The molecule has 0 aliphatic rings. The Kier molecular flexibility index (Phi) is 24.2. The molecule has 0 aromatic carbocycles. The van der Waals surface area contributed by atoms with Gasteiger partial charge in [-0.05, 0) is 50.9 Å². The zero-order valence-corrected chi connectivity index (χ0v) is 21.2. The molecule has 0 radical (unpaired) electrons. The molecule has 0 saturated carbocycles. The van der Waals surface area contributed by atoms with Gasteiger partial charge in [0.1, 0.15) is 0 Å². The van der Waals surface area contributed by atoms with Crippen LogP contribution in [0.4, 0.5) is 0 Å². The van der Waals surface area contributed by atoms with Gasteiger partial charge in [-0.3, -0.25) is 0 Å². The third-order valence-corrected chi connectivity index (χ3v) is 6.13. The van der Waals surface area contributed by atoms with E-state index in [1.54, 1.807) is 0 Å². The molecule has 30 heavy (non-hydrogen) atoms. The van der Waals surface area contributed by atoms with E-state index in [4.69, 9.17) is 5.73 Å². The predicted molar refractivity (Wildman–Crippen MR) is 139 cm³/mol. The van der Waals surface area contributed by atoms with E-state index in [0.717, 1.165) is 12.3 Å². The van der Waals surface area contributed by atoms with Crippen molar-refractivity contribution in [2.45, 2.75) is 155 Å². The fourth-order valence-corrected chi connectivity index (χ4v) is 4.03. The second-order valence-corrected chi connectivity index (χ2v) is 9.87. The van der Waals surface area contributed by atoms with Gasteiger partial charge in [0.15, 0.2) is 0 Å². The summed E-state index contributed by atoms with van der Waals surface area (Å²) in [6.45, 7) is 6.91. The molecule has 178 valence electrons. The van der Waals surface area contributed by atoms with Crippen molar-refractivity contribution in [3.63, 3.8) is 0 Å². The number of rotatable bonds is 23. The van der Waals surface area contributed by atoms with E-state index in [0.29, 0.717) is 6.04 Å². The summed E-state index contributed by atoms with van der Waals surface area (Å²) in [5.41, 5.74) is 6.29. The van der Waals surface area contributed by atoms with Crippen molar-refractivity contribution in [2.75, 3.05) is 0 Å². The molecule has 0 spiro atoms. The van der Waals surface area contributed by atoms with Crippen LogP contribution in [0.1, 0.15) is 149 Å². The lowest BCUT2D eigenvalue weighted by Gasteiger charge is -2.11. The lowest BCUT2D eigenvalue weighted by molar-refractivity contribution is 0.472. The molecule has 2 N–H and O–H groups in total. The van der Waals surface area contributed by atoms with Crippen molar-refractivity contribution in [3.05, 3.63) is 24.3 Å². The first-order chi connectivity index (χ1) is 14.7. The number of hydrogen-bond acceptors (Lipinski definition) is 1. The number of allylic oxidation sites excluding steroid dienone is 4. The Balaban J connectivity index is 3.24. The van der Waals surface area contributed by atoms with Gasteiger partial charge in [-0.2, -0.15) is 0 Å². The maximum Gasteiger partial charge on any atom is 0.00388 e. The standard InChI is InChI=1S/C29H57N/c1-4-5-6-7-8-9-10-11-12-13-14-15-16-17-18-19-23-26-29(30)27-24-21-20-22-25-28(2)3/h8-9,11-12,28-29H,4-7,10,13-27,30H2,1-3H3/b9-8+,12-11+. The maximum atomic E-state index is 6.29. The monoisotopic (exact) mass is 419 g/mol. The summed E-state index contributed by atoms with van der Waals surface area (Å²) in [6, 6.07) is 0.452. The summed E-state index contributed by atoms with van der Waals surface area (Å²) >= 11 is 0. The van der Waals surface area contributed by atoms with Crippen molar-refractivity contribution in [3.8, 4) is 0 Å². The molecule has 0 aromatic rings. The molecule has 0 fully saturated rings. The SMILES string of the molecule is CCCCC/C=C/C/C=C/CCCCCCCCCC(N)CCCCCCC(C)C. The van der Waals surface area contributed by atoms with E-state index in [1.165, 1.54) is 122 Å². The van der Waals surface area contributed by atoms with Crippen molar-refractivity contribution < 1.29 is 0 Å². The maximum absolute atomic E-state index is 6.29. The van der Waals surface area contributed by atoms with E-state index in [-0.39, 0.29) is 0 Å². The summed E-state index contributed by atoms with van der Waals surface area (Å²) in [5, 5.41) is 0. The summed E-state index contributed by atoms with van der Waals surface area (Å²) in [5.74, 6) is 0.862. The van der Waals surface area contributed by atoms with Gasteiger partial charge < -0.3 is 5.73 Å². The second-order valence-electron chi connectivity index (χ2n) is 9.87. The Morgan fingerprint density at radius 2 is 0.967 bits per heavy atom. The first-order valence-corrected chi connectivity index (χ1v) is 13.7. The number of nitrogens with two attached hydrogens (primary N) is 1. The Morgan fingerprint density at radius 1 is 0.533 bits per heavy atom. The van der Waals surface area contributed by atoms with Crippen LogP contribution in [0.3, 0.4) is 0 Å². The topological polar surface area (TPSA) is 26.0 Å². The molecule has 1 unspecified atom stereocenters. The van der Waals surface area contributed by atoms with Crippen molar-refractivity contribution in [1.29, 1.82) is 0 Å². The molecule has 1 heteroatoms. The predicted octanol–water partition coefficient (Wildman–Crippen LogP) is 9.90. The van der Waals surface area contributed by atoms with Crippen molar-refractivity contribution >= 4 is 0 Å². The first-order valence-electron chi connectivity index (χ1n) is 13.7. The highest BCUT2D eigenvalue weighted by Gasteiger charge is 2.02. The normalized spacial score (nSPS) is 13.2. The van der Waals surface area contributed by atoms with Crippen LogP contribution in [0.25, 0.3) is 0 Å². The van der Waals surface area contributed by atoms with E-state index < -0.39 is 0 Å². The van der Waals surface area contributed by atoms with Crippen LogP contribution < -0.4 is 5.73 Å². The van der Waals surface area contributed by atoms with E-state index in [1.807, 2.05) is 0 Å². The molecule has 0 aliphatic carbocycles. The highest BCUT2D eigenvalue weighted by Crippen LogP contribution is 2.14. The zero-order chi connectivity index (χ0) is 22.1. The Bertz CT molecular complexity index is 369. The molecule has 0 bridgehead atoms. The van der Waals surface area contributed by atoms with E-state index in [9.17, 15) is 0 Å². The summed E-state index contributed by atoms with van der Waals surface area (Å²) in [4.78, 5) is 0. The van der Waals surface area contributed by atoms with Gasteiger partial charge in [-0.15, -0.1) is 0 Å². The van der Waals surface area contributed by atoms with Gasteiger partial charge in [0.25, 0.3) is 0 Å². The Morgan fingerprint density at radius 3 is 1.47 bits per heavy atom. The summed E-state index contributed by atoms with van der Waals surface area (Å²) < 4.78 is 0. The molecular weight excluding hydrogens is 362 g/mol. The third-order valence-electron chi connectivity index (χ3n) is 6.13. The average Bonchev–Trinajstić information content (AvgIpc) is 2.72. The van der Waals surface area contributed by atoms with Crippen LogP contribution in [0.5, 0.6) is 0 Å². The molecule has 0 amide bonds. The van der Waals surface area contributed by atoms with Gasteiger partial charge in [-0.25, -0.2) is 0 Å². The molecule has 1 atom stereocenters. The smallest absolute Gasteiger partial charge is 0.00388 e.